The van der Waals surface area contributed by atoms with Crippen molar-refractivity contribution in [1.29, 1.82) is 0 Å². The van der Waals surface area contributed by atoms with Crippen LogP contribution in [0.5, 0.6) is 0 Å². The van der Waals surface area contributed by atoms with Crippen LogP contribution < -0.4 is 4.90 Å². The summed E-state index contributed by atoms with van der Waals surface area (Å²) in [5, 5.41) is 17.5. The maximum atomic E-state index is 8.52. The van der Waals surface area contributed by atoms with E-state index in [4.69, 9.17) is 26.6 Å². The fourth-order valence-corrected chi connectivity index (χ4v) is 4.87. The van der Waals surface area contributed by atoms with Crippen molar-refractivity contribution in [3.63, 3.8) is 0 Å². The van der Waals surface area contributed by atoms with Crippen molar-refractivity contribution in [1.82, 2.24) is 14.5 Å². The van der Waals surface area contributed by atoms with Crippen molar-refractivity contribution in [2.75, 3.05) is 11.4 Å². The molecule has 0 saturated carbocycles. The lowest BCUT2D eigenvalue weighted by Crippen LogP contribution is -2.30. The molecule has 0 spiro atoms. The zero-order chi connectivity index (χ0) is 29.3. The number of nitrogens with zero attached hydrogens (tertiary/aromatic N) is 4. The summed E-state index contributed by atoms with van der Waals surface area (Å²) in [6.07, 6.45) is 4.59. The van der Waals surface area contributed by atoms with Gasteiger partial charge in [-0.05, 0) is 87.6 Å². The first-order chi connectivity index (χ1) is 18.5. The molecule has 216 valence electrons. The van der Waals surface area contributed by atoms with E-state index in [0.29, 0.717) is 0 Å². The highest BCUT2D eigenvalue weighted by atomic mass is 35.5. The largest absolute Gasteiger partial charge is 0.483 e. The first-order valence-corrected chi connectivity index (χ1v) is 13.2. The molecule has 0 bridgehead atoms. The molecule has 7 nitrogen and oxygen atoms in total. The van der Waals surface area contributed by atoms with E-state index >= 15 is 0 Å². The third kappa shape index (κ3) is 8.10. The number of benzene rings is 2. The number of carbonyl (C=O) groups is 1. The van der Waals surface area contributed by atoms with Crippen LogP contribution in [0, 0.1) is 13.8 Å². The number of rotatable bonds is 3. The summed E-state index contributed by atoms with van der Waals surface area (Å²) in [7, 11) is 0. The number of carboxylic acid groups (broad SMARTS) is 1. The lowest BCUT2D eigenvalue weighted by molar-refractivity contribution is -0.122. The maximum absolute atomic E-state index is 8.52. The Bertz CT molecular complexity index is 1380. The van der Waals surface area contributed by atoms with E-state index in [1.807, 2.05) is 30.6 Å². The minimum atomic E-state index is -0.500. The molecule has 0 atom stereocenters. The minimum Gasteiger partial charge on any atom is -0.483 e. The second-order valence-electron chi connectivity index (χ2n) is 9.86. The molecule has 4 aromatic rings. The molecule has 2 aromatic carbocycles. The number of hydrogen-bond acceptors (Lipinski definition) is 5. The van der Waals surface area contributed by atoms with Crippen LogP contribution in [-0.4, -0.2) is 43.4 Å². The maximum Gasteiger partial charge on any atom is 0.290 e. The molecule has 5 rings (SSSR count). The molecule has 0 amide bonds. The molecule has 1 aliphatic heterocycles. The van der Waals surface area contributed by atoms with Gasteiger partial charge in [-0.25, -0.2) is 9.97 Å². The van der Waals surface area contributed by atoms with Crippen LogP contribution in [0.3, 0.4) is 0 Å². The summed E-state index contributed by atoms with van der Waals surface area (Å²) in [4.78, 5) is 19.7. The quantitative estimate of drug-likeness (QED) is 0.192. The van der Waals surface area contributed by atoms with Crippen LogP contribution in [0.4, 0.5) is 11.6 Å². The van der Waals surface area contributed by atoms with Crippen molar-refractivity contribution in [2.24, 2.45) is 0 Å². The lowest BCUT2D eigenvalue weighted by atomic mass is 9.89. The van der Waals surface area contributed by atoms with E-state index in [1.165, 1.54) is 44.5 Å². The molecule has 2 aromatic heterocycles. The monoisotopic (exact) mass is 584 g/mol. The average Bonchev–Trinajstić information content (AvgIpc) is 3.24. The Morgan fingerprint density at radius 3 is 2.10 bits per heavy atom. The Labute approximate surface area is 249 Å². The van der Waals surface area contributed by atoms with Gasteiger partial charge in [-0.15, -0.1) is 13.2 Å². The summed E-state index contributed by atoms with van der Waals surface area (Å²) in [5.74, 6) is 0.767. The molecule has 0 fully saturated rings. The number of halogens is 1. The van der Waals surface area contributed by atoms with Crippen LogP contribution in [0.25, 0.3) is 22.0 Å². The van der Waals surface area contributed by atoms with Crippen LogP contribution in [0.2, 0.25) is 5.02 Å². The zero-order valence-electron chi connectivity index (χ0n) is 24.2. The standard InChI is InChI=1S/C24H23ClN4.C4H10O.C2H4.CH2O2.H2S/c1-4-19-16(3)22-23-20(21(19)17-6-8-18(25)9-7-17)14-15(2)28(23)12-13-29(22)24-26-10-5-11-27-24;1-4(2,3)5;1-2;2-1-3;/h5-11,14H,4,12-13H2,1-3H3;5H,1-3H3;1-2H2;1H,(H,2,3);1H2. The number of aromatic nitrogens is 3. The van der Waals surface area contributed by atoms with Crippen molar-refractivity contribution in [3.8, 4) is 11.1 Å². The van der Waals surface area contributed by atoms with Crippen molar-refractivity contribution in [3.05, 3.63) is 83.8 Å². The molecule has 0 radical (unpaired) electrons. The zero-order valence-corrected chi connectivity index (χ0v) is 26.0. The Hall–Kier alpha value is -3.33. The Kier molecular flexibility index (Phi) is 13.4. The Morgan fingerprint density at radius 1 is 1.07 bits per heavy atom. The van der Waals surface area contributed by atoms with Gasteiger partial charge in [0.25, 0.3) is 6.47 Å². The highest BCUT2D eigenvalue weighted by molar-refractivity contribution is 7.59. The van der Waals surface area contributed by atoms with Gasteiger partial charge in [-0.1, -0.05) is 30.7 Å². The van der Waals surface area contributed by atoms with E-state index in [0.717, 1.165) is 30.5 Å². The van der Waals surface area contributed by atoms with Gasteiger partial charge in [0.2, 0.25) is 5.95 Å². The number of aliphatic hydroxyl groups is 1. The van der Waals surface area contributed by atoms with Gasteiger partial charge < -0.3 is 19.7 Å². The molecule has 0 saturated heterocycles. The lowest BCUT2D eigenvalue weighted by Gasteiger charge is -2.32. The molecular formula is C31H41ClN4O3S. The van der Waals surface area contributed by atoms with Gasteiger partial charge in [-0.3, -0.25) is 4.79 Å². The van der Waals surface area contributed by atoms with E-state index < -0.39 is 5.60 Å². The topological polar surface area (TPSA) is 91.5 Å². The molecule has 0 aliphatic carbocycles. The second kappa shape index (κ2) is 15.5. The minimum absolute atomic E-state index is 0. The van der Waals surface area contributed by atoms with Gasteiger partial charge in [0, 0.05) is 41.6 Å². The summed E-state index contributed by atoms with van der Waals surface area (Å²) in [6.45, 7) is 19.4. The Morgan fingerprint density at radius 2 is 1.60 bits per heavy atom. The van der Waals surface area contributed by atoms with E-state index in [9.17, 15) is 0 Å². The number of aryl methyl sites for hydroxylation is 1. The third-order valence-corrected chi connectivity index (χ3v) is 6.26. The van der Waals surface area contributed by atoms with Gasteiger partial charge in [-0.2, -0.15) is 13.5 Å². The van der Waals surface area contributed by atoms with Crippen LogP contribution in [-0.2, 0) is 17.8 Å². The predicted molar refractivity (Wildman–Crippen MR) is 173 cm³/mol. The molecule has 0 unspecified atom stereocenters. The van der Waals surface area contributed by atoms with Crippen molar-refractivity contribution in [2.45, 2.75) is 60.1 Å². The van der Waals surface area contributed by atoms with E-state index in [-0.39, 0.29) is 20.0 Å². The fraction of sp³-hybridized carbons (Fsp3) is 0.323. The molecule has 2 N–H and O–H groups in total. The highest BCUT2D eigenvalue weighted by Crippen LogP contribution is 2.46. The average molecular weight is 585 g/mol. The van der Waals surface area contributed by atoms with Gasteiger partial charge in [0.15, 0.2) is 0 Å². The molecule has 9 heteroatoms. The molecule has 1 aliphatic rings. The van der Waals surface area contributed by atoms with Crippen molar-refractivity contribution >= 4 is 54.1 Å². The van der Waals surface area contributed by atoms with Crippen LogP contribution in [0.15, 0.2) is 61.9 Å². The summed E-state index contributed by atoms with van der Waals surface area (Å²) in [6, 6.07) is 12.4. The normalized spacial score (nSPS) is 11.6. The smallest absolute Gasteiger partial charge is 0.290 e. The summed E-state index contributed by atoms with van der Waals surface area (Å²) >= 11 is 6.17. The Balaban J connectivity index is 0.000000639. The highest BCUT2D eigenvalue weighted by Gasteiger charge is 2.29. The fourth-order valence-electron chi connectivity index (χ4n) is 4.74. The SMILES string of the molecule is C=C.CC(C)(C)O.CCc1c(C)c2c3c(cc(C)n3CCN2c2ncccn2)c1-c1ccc(Cl)cc1.O=CO.S. The van der Waals surface area contributed by atoms with E-state index in [2.05, 4.69) is 71.6 Å². The van der Waals surface area contributed by atoms with Gasteiger partial charge >= 0.3 is 0 Å². The summed E-state index contributed by atoms with van der Waals surface area (Å²) < 4.78 is 2.44. The molecule has 40 heavy (non-hydrogen) atoms. The molecule has 3 heterocycles. The first kappa shape index (κ1) is 34.7. The van der Waals surface area contributed by atoms with Crippen LogP contribution in [0.1, 0.15) is 44.5 Å². The van der Waals surface area contributed by atoms with Gasteiger partial charge in [0.05, 0.1) is 16.8 Å². The van der Waals surface area contributed by atoms with Crippen molar-refractivity contribution < 1.29 is 15.0 Å². The first-order valence-electron chi connectivity index (χ1n) is 12.8. The number of hydrogen-bond donors (Lipinski definition) is 2. The summed E-state index contributed by atoms with van der Waals surface area (Å²) in [5.41, 5.74) is 8.51. The second-order valence-corrected chi connectivity index (χ2v) is 10.3. The van der Waals surface area contributed by atoms with E-state index in [1.54, 1.807) is 20.8 Å². The third-order valence-electron chi connectivity index (χ3n) is 6.00. The predicted octanol–water partition coefficient (Wildman–Crippen LogP) is 7.48. The van der Waals surface area contributed by atoms with Gasteiger partial charge in [0.1, 0.15) is 0 Å². The number of anilines is 2. The van der Waals surface area contributed by atoms with Crippen LogP contribution >= 0.6 is 25.1 Å². The molecular weight excluding hydrogens is 544 g/mol.